The van der Waals surface area contributed by atoms with E-state index in [9.17, 15) is 4.79 Å². The maximum absolute atomic E-state index is 12.8. The van der Waals surface area contributed by atoms with Crippen LogP contribution in [0.3, 0.4) is 0 Å². The highest BCUT2D eigenvalue weighted by molar-refractivity contribution is 6.06. The summed E-state index contributed by atoms with van der Waals surface area (Å²) in [6, 6.07) is 18.9. The molecular formula is C23H22N4O3. The number of amides is 1. The molecule has 4 rings (SSSR count). The van der Waals surface area contributed by atoms with Crippen molar-refractivity contribution >= 4 is 22.6 Å². The average molecular weight is 402 g/mol. The Labute approximate surface area is 174 Å². The van der Waals surface area contributed by atoms with Crippen molar-refractivity contribution in [2.24, 2.45) is 0 Å². The fraction of sp³-hybridized carbons (Fsp3) is 0.174. The lowest BCUT2D eigenvalue weighted by Crippen LogP contribution is -2.12. The number of hydrogen-bond acceptors (Lipinski definition) is 5. The van der Waals surface area contributed by atoms with Crippen molar-refractivity contribution < 1.29 is 14.3 Å². The zero-order chi connectivity index (χ0) is 21.1. The van der Waals surface area contributed by atoms with Crippen LogP contribution in [-0.2, 0) is 6.54 Å². The lowest BCUT2D eigenvalue weighted by Gasteiger charge is -2.12. The smallest absolute Gasteiger partial charge is 0.255 e. The number of nitrogens with zero attached hydrogens (tertiary/aromatic N) is 3. The summed E-state index contributed by atoms with van der Waals surface area (Å²) in [5, 5.41) is 11.3. The number of rotatable bonds is 6. The molecule has 0 atom stereocenters. The summed E-state index contributed by atoms with van der Waals surface area (Å²) in [5.41, 5.74) is 4.89. The van der Waals surface area contributed by atoms with Gasteiger partial charge in [0.2, 0.25) is 0 Å². The molecule has 0 radical (unpaired) electrons. The van der Waals surface area contributed by atoms with Gasteiger partial charge in [-0.15, -0.1) is 5.10 Å². The van der Waals surface area contributed by atoms with E-state index in [0.717, 1.165) is 11.1 Å². The molecule has 7 heteroatoms. The molecule has 1 N–H and O–H groups in total. The summed E-state index contributed by atoms with van der Waals surface area (Å²) in [5.74, 6) is 0.909. The number of aryl methyl sites for hydroxylation is 1. The predicted octanol–water partition coefficient (Wildman–Crippen LogP) is 4.06. The van der Waals surface area contributed by atoms with Crippen LogP contribution < -0.4 is 14.8 Å². The molecule has 1 heterocycles. The van der Waals surface area contributed by atoms with E-state index in [4.69, 9.17) is 9.47 Å². The molecule has 1 aromatic heterocycles. The maximum atomic E-state index is 12.8. The molecule has 4 aromatic rings. The number of hydrogen-bond donors (Lipinski definition) is 1. The lowest BCUT2D eigenvalue weighted by atomic mass is 10.1. The summed E-state index contributed by atoms with van der Waals surface area (Å²) in [6.07, 6.45) is 0. The van der Waals surface area contributed by atoms with Crippen molar-refractivity contribution in [2.45, 2.75) is 13.5 Å². The number of anilines is 1. The fourth-order valence-corrected chi connectivity index (χ4v) is 3.20. The SMILES string of the molecule is COc1ccc(OC)c(NC(=O)c2ccc3c(c2)nnn3Cc2ccc(C)cc2)c1. The van der Waals surface area contributed by atoms with Crippen LogP contribution in [0, 0.1) is 6.92 Å². The van der Waals surface area contributed by atoms with Crippen LogP contribution in [-0.4, -0.2) is 35.1 Å². The molecule has 0 aliphatic carbocycles. The first-order valence-corrected chi connectivity index (χ1v) is 9.49. The van der Waals surface area contributed by atoms with Crippen LogP contribution in [0.15, 0.2) is 60.7 Å². The fourth-order valence-electron chi connectivity index (χ4n) is 3.20. The molecule has 152 valence electrons. The molecule has 0 spiro atoms. The molecule has 0 fully saturated rings. The van der Waals surface area contributed by atoms with Gasteiger partial charge >= 0.3 is 0 Å². The van der Waals surface area contributed by atoms with E-state index in [1.807, 2.05) is 10.7 Å². The Morgan fingerprint density at radius 3 is 2.53 bits per heavy atom. The highest BCUT2D eigenvalue weighted by Gasteiger charge is 2.14. The van der Waals surface area contributed by atoms with Gasteiger partial charge in [-0.2, -0.15) is 0 Å². The third kappa shape index (κ3) is 3.96. The Kier molecular flexibility index (Phi) is 5.34. The molecule has 30 heavy (non-hydrogen) atoms. The van der Waals surface area contributed by atoms with Crippen LogP contribution >= 0.6 is 0 Å². The van der Waals surface area contributed by atoms with Crippen LogP contribution in [0.5, 0.6) is 11.5 Å². The Hall–Kier alpha value is -3.87. The minimum absolute atomic E-state index is 0.267. The summed E-state index contributed by atoms with van der Waals surface area (Å²) in [6.45, 7) is 2.67. The second kappa shape index (κ2) is 8.24. The predicted molar refractivity (Wildman–Crippen MR) is 115 cm³/mol. The van der Waals surface area contributed by atoms with Gasteiger partial charge in [-0.3, -0.25) is 4.79 Å². The molecule has 0 saturated carbocycles. The van der Waals surface area contributed by atoms with Crippen LogP contribution in [0.4, 0.5) is 5.69 Å². The number of methoxy groups -OCH3 is 2. The number of benzene rings is 3. The summed E-state index contributed by atoms with van der Waals surface area (Å²) in [7, 11) is 3.12. The number of aromatic nitrogens is 3. The van der Waals surface area contributed by atoms with Gasteiger partial charge in [-0.25, -0.2) is 4.68 Å². The number of ether oxygens (including phenoxy) is 2. The molecule has 3 aromatic carbocycles. The molecule has 0 bridgehead atoms. The van der Waals surface area contributed by atoms with Gasteiger partial charge in [0.15, 0.2) is 0 Å². The second-order valence-electron chi connectivity index (χ2n) is 6.96. The molecule has 0 unspecified atom stereocenters. The molecule has 0 aliphatic rings. The van der Waals surface area contributed by atoms with Gasteiger partial charge in [0.25, 0.3) is 5.91 Å². The van der Waals surface area contributed by atoms with Crippen molar-refractivity contribution in [3.8, 4) is 11.5 Å². The Bertz CT molecular complexity index is 1200. The van der Waals surface area contributed by atoms with Gasteiger partial charge in [0.05, 0.1) is 32.0 Å². The summed E-state index contributed by atoms with van der Waals surface area (Å²) < 4.78 is 12.4. The zero-order valence-electron chi connectivity index (χ0n) is 17.0. The van der Waals surface area contributed by atoms with Gasteiger partial charge in [-0.1, -0.05) is 35.0 Å². The lowest BCUT2D eigenvalue weighted by molar-refractivity contribution is 0.102. The molecular weight excluding hydrogens is 380 g/mol. The van der Waals surface area contributed by atoms with E-state index in [-0.39, 0.29) is 5.91 Å². The number of carbonyl (C=O) groups excluding carboxylic acids is 1. The topological polar surface area (TPSA) is 78.3 Å². The minimum Gasteiger partial charge on any atom is -0.497 e. The molecule has 7 nitrogen and oxygen atoms in total. The second-order valence-corrected chi connectivity index (χ2v) is 6.96. The van der Waals surface area contributed by atoms with E-state index >= 15 is 0 Å². The molecule has 1 amide bonds. The normalized spacial score (nSPS) is 10.8. The van der Waals surface area contributed by atoms with Crippen molar-refractivity contribution in [3.63, 3.8) is 0 Å². The van der Waals surface area contributed by atoms with Gasteiger partial charge in [0, 0.05) is 11.6 Å². The van der Waals surface area contributed by atoms with Crippen LogP contribution in [0.2, 0.25) is 0 Å². The minimum atomic E-state index is -0.267. The monoisotopic (exact) mass is 402 g/mol. The van der Waals surface area contributed by atoms with Gasteiger partial charge in [0.1, 0.15) is 17.0 Å². The third-order valence-corrected chi connectivity index (χ3v) is 4.88. The summed E-state index contributed by atoms with van der Waals surface area (Å²) >= 11 is 0. The highest BCUT2D eigenvalue weighted by Crippen LogP contribution is 2.29. The Balaban J connectivity index is 1.57. The largest absolute Gasteiger partial charge is 0.497 e. The average Bonchev–Trinajstić information content (AvgIpc) is 3.17. The summed E-state index contributed by atoms with van der Waals surface area (Å²) in [4.78, 5) is 12.8. The van der Waals surface area contributed by atoms with E-state index in [1.54, 1.807) is 44.6 Å². The zero-order valence-corrected chi connectivity index (χ0v) is 17.0. The first kappa shape index (κ1) is 19.4. The van der Waals surface area contributed by atoms with Crippen LogP contribution in [0.25, 0.3) is 11.0 Å². The van der Waals surface area contributed by atoms with E-state index in [0.29, 0.717) is 34.8 Å². The Morgan fingerprint density at radius 1 is 1.00 bits per heavy atom. The number of carbonyl (C=O) groups is 1. The molecule has 0 aliphatic heterocycles. The standard InChI is InChI=1S/C23H22N4O3/c1-15-4-6-16(7-5-15)14-27-21-10-8-17(12-19(21)25-26-27)23(28)24-20-13-18(29-2)9-11-22(20)30-3/h4-13H,14H2,1-3H3,(H,24,28). The van der Waals surface area contributed by atoms with E-state index < -0.39 is 0 Å². The van der Waals surface area contributed by atoms with Gasteiger partial charge < -0.3 is 14.8 Å². The first-order valence-electron chi connectivity index (χ1n) is 9.49. The van der Waals surface area contributed by atoms with E-state index in [1.165, 1.54) is 5.56 Å². The number of nitrogens with one attached hydrogen (secondary N) is 1. The van der Waals surface area contributed by atoms with Gasteiger partial charge in [-0.05, 0) is 42.8 Å². The van der Waals surface area contributed by atoms with Crippen molar-refractivity contribution in [1.82, 2.24) is 15.0 Å². The highest BCUT2D eigenvalue weighted by atomic mass is 16.5. The Morgan fingerprint density at radius 2 is 1.80 bits per heavy atom. The molecule has 0 saturated heterocycles. The van der Waals surface area contributed by atoms with Crippen molar-refractivity contribution in [3.05, 3.63) is 77.4 Å². The van der Waals surface area contributed by atoms with Crippen molar-refractivity contribution in [2.75, 3.05) is 19.5 Å². The number of fused-ring (bicyclic) bond motifs is 1. The quantitative estimate of drug-likeness (QED) is 0.526. The van der Waals surface area contributed by atoms with E-state index in [2.05, 4.69) is 46.8 Å². The third-order valence-electron chi connectivity index (χ3n) is 4.88. The van der Waals surface area contributed by atoms with Crippen LogP contribution in [0.1, 0.15) is 21.5 Å². The van der Waals surface area contributed by atoms with Crippen molar-refractivity contribution in [1.29, 1.82) is 0 Å². The first-order chi connectivity index (χ1) is 14.6. The maximum Gasteiger partial charge on any atom is 0.255 e.